The summed E-state index contributed by atoms with van der Waals surface area (Å²) in [5, 5.41) is 3.28. The topological polar surface area (TPSA) is 47.6 Å². The number of amides is 1. The van der Waals surface area contributed by atoms with E-state index in [1.54, 1.807) is 38.3 Å². The van der Waals surface area contributed by atoms with Crippen molar-refractivity contribution in [3.05, 3.63) is 53.1 Å². The maximum absolute atomic E-state index is 12.3. The minimum Gasteiger partial charge on any atom is -0.495 e. The standard InChI is InChI=1S/C17H18ClNO3/c1-11-8-9-16(21-3)14(10-11)19-17(20)12(2)22-15-7-5-4-6-13(15)18/h4-10,12H,1-3H3,(H,19,20). The Morgan fingerprint density at radius 1 is 1.18 bits per heavy atom. The van der Waals surface area contributed by atoms with Crippen LogP contribution in [0.4, 0.5) is 5.69 Å². The van der Waals surface area contributed by atoms with Crippen molar-refractivity contribution in [3.63, 3.8) is 0 Å². The highest BCUT2D eigenvalue weighted by molar-refractivity contribution is 6.32. The molecule has 1 atom stereocenters. The molecule has 4 nitrogen and oxygen atoms in total. The van der Waals surface area contributed by atoms with E-state index in [1.807, 2.05) is 25.1 Å². The number of ether oxygens (including phenoxy) is 2. The molecule has 0 aromatic heterocycles. The average molecular weight is 320 g/mol. The molecule has 0 aliphatic rings. The van der Waals surface area contributed by atoms with Crippen molar-refractivity contribution in [1.29, 1.82) is 0 Å². The van der Waals surface area contributed by atoms with Crippen molar-refractivity contribution in [2.75, 3.05) is 12.4 Å². The molecule has 2 rings (SSSR count). The van der Waals surface area contributed by atoms with Crippen LogP contribution in [-0.2, 0) is 4.79 Å². The van der Waals surface area contributed by atoms with Gasteiger partial charge in [-0.1, -0.05) is 29.8 Å². The smallest absolute Gasteiger partial charge is 0.265 e. The molecule has 2 aromatic carbocycles. The molecular weight excluding hydrogens is 302 g/mol. The summed E-state index contributed by atoms with van der Waals surface area (Å²) < 4.78 is 10.8. The van der Waals surface area contributed by atoms with Gasteiger partial charge in [0, 0.05) is 0 Å². The Kier molecular flexibility index (Phi) is 5.28. The van der Waals surface area contributed by atoms with Gasteiger partial charge in [-0.05, 0) is 43.7 Å². The molecule has 0 saturated carbocycles. The average Bonchev–Trinajstić information content (AvgIpc) is 2.49. The van der Waals surface area contributed by atoms with Crippen LogP contribution < -0.4 is 14.8 Å². The lowest BCUT2D eigenvalue weighted by molar-refractivity contribution is -0.122. The second kappa shape index (κ2) is 7.18. The quantitative estimate of drug-likeness (QED) is 0.904. The highest BCUT2D eigenvalue weighted by Crippen LogP contribution is 2.27. The van der Waals surface area contributed by atoms with Crippen LogP contribution in [0.15, 0.2) is 42.5 Å². The Hall–Kier alpha value is -2.20. The molecule has 1 amide bonds. The Morgan fingerprint density at radius 2 is 1.91 bits per heavy atom. The lowest BCUT2D eigenvalue weighted by Gasteiger charge is -2.17. The van der Waals surface area contributed by atoms with Gasteiger partial charge in [0.1, 0.15) is 11.5 Å². The van der Waals surface area contributed by atoms with Crippen molar-refractivity contribution in [2.24, 2.45) is 0 Å². The number of hydrogen-bond acceptors (Lipinski definition) is 3. The van der Waals surface area contributed by atoms with Crippen molar-refractivity contribution in [2.45, 2.75) is 20.0 Å². The molecule has 5 heteroatoms. The van der Waals surface area contributed by atoms with Crippen LogP contribution in [0.25, 0.3) is 0 Å². The number of anilines is 1. The number of aryl methyl sites for hydroxylation is 1. The van der Waals surface area contributed by atoms with Gasteiger partial charge in [0.15, 0.2) is 6.10 Å². The van der Waals surface area contributed by atoms with Gasteiger partial charge in [-0.3, -0.25) is 4.79 Å². The number of carbonyl (C=O) groups is 1. The van der Waals surface area contributed by atoms with E-state index in [0.29, 0.717) is 22.2 Å². The van der Waals surface area contributed by atoms with E-state index in [1.165, 1.54) is 0 Å². The molecule has 0 aliphatic carbocycles. The van der Waals surface area contributed by atoms with Crippen LogP contribution in [0.5, 0.6) is 11.5 Å². The molecule has 22 heavy (non-hydrogen) atoms. The number of benzene rings is 2. The van der Waals surface area contributed by atoms with E-state index in [-0.39, 0.29) is 5.91 Å². The van der Waals surface area contributed by atoms with Gasteiger partial charge in [0.25, 0.3) is 5.91 Å². The first-order valence-corrected chi connectivity index (χ1v) is 7.25. The molecule has 1 N–H and O–H groups in total. The molecule has 1 unspecified atom stereocenters. The van der Waals surface area contributed by atoms with Crippen molar-refractivity contribution < 1.29 is 14.3 Å². The first kappa shape index (κ1) is 16.2. The molecule has 2 aromatic rings. The maximum Gasteiger partial charge on any atom is 0.265 e. The van der Waals surface area contributed by atoms with E-state index in [9.17, 15) is 4.79 Å². The summed E-state index contributed by atoms with van der Waals surface area (Å²) in [7, 11) is 1.56. The van der Waals surface area contributed by atoms with Crippen molar-refractivity contribution >= 4 is 23.2 Å². The molecule has 116 valence electrons. The SMILES string of the molecule is COc1ccc(C)cc1NC(=O)C(C)Oc1ccccc1Cl. The van der Waals surface area contributed by atoms with E-state index in [0.717, 1.165) is 5.56 Å². The zero-order valence-corrected chi connectivity index (χ0v) is 13.5. The number of methoxy groups -OCH3 is 1. The van der Waals surface area contributed by atoms with Gasteiger partial charge >= 0.3 is 0 Å². The van der Waals surface area contributed by atoms with Crippen molar-refractivity contribution in [1.82, 2.24) is 0 Å². The minimum atomic E-state index is -0.690. The fraction of sp³-hybridized carbons (Fsp3) is 0.235. The molecular formula is C17H18ClNO3. The highest BCUT2D eigenvalue weighted by atomic mass is 35.5. The summed E-state index contributed by atoms with van der Waals surface area (Å²) in [6, 6.07) is 12.6. The van der Waals surface area contributed by atoms with Crippen LogP contribution in [0, 0.1) is 6.92 Å². The molecule has 0 fully saturated rings. The van der Waals surface area contributed by atoms with E-state index in [4.69, 9.17) is 21.1 Å². The van der Waals surface area contributed by atoms with Crippen LogP contribution in [0.2, 0.25) is 5.02 Å². The zero-order valence-electron chi connectivity index (χ0n) is 12.7. The summed E-state index contributed by atoms with van der Waals surface area (Å²) in [6.07, 6.45) is -0.690. The lowest BCUT2D eigenvalue weighted by atomic mass is 10.2. The Morgan fingerprint density at radius 3 is 2.59 bits per heavy atom. The monoisotopic (exact) mass is 319 g/mol. The van der Waals surface area contributed by atoms with E-state index in [2.05, 4.69) is 5.32 Å². The van der Waals surface area contributed by atoms with Gasteiger partial charge in [-0.15, -0.1) is 0 Å². The largest absolute Gasteiger partial charge is 0.495 e. The summed E-state index contributed by atoms with van der Waals surface area (Å²) >= 11 is 6.02. The van der Waals surface area contributed by atoms with Gasteiger partial charge in [-0.2, -0.15) is 0 Å². The van der Waals surface area contributed by atoms with Gasteiger partial charge in [0.05, 0.1) is 17.8 Å². The van der Waals surface area contributed by atoms with Crippen LogP contribution in [-0.4, -0.2) is 19.1 Å². The van der Waals surface area contributed by atoms with E-state index >= 15 is 0 Å². The molecule has 0 heterocycles. The predicted octanol–water partition coefficient (Wildman–Crippen LogP) is 4.06. The third-order valence-corrected chi connectivity index (χ3v) is 3.43. The zero-order chi connectivity index (χ0) is 16.1. The lowest BCUT2D eigenvalue weighted by Crippen LogP contribution is -2.30. The third kappa shape index (κ3) is 3.92. The second-order valence-electron chi connectivity index (χ2n) is 4.88. The summed E-state index contributed by atoms with van der Waals surface area (Å²) in [5.41, 5.74) is 1.64. The number of rotatable bonds is 5. The second-order valence-corrected chi connectivity index (χ2v) is 5.29. The number of para-hydroxylation sites is 1. The first-order valence-electron chi connectivity index (χ1n) is 6.88. The Balaban J connectivity index is 2.09. The maximum atomic E-state index is 12.3. The predicted molar refractivity (Wildman–Crippen MR) is 87.9 cm³/mol. The number of hydrogen-bond donors (Lipinski definition) is 1. The fourth-order valence-electron chi connectivity index (χ4n) is 1.94. The van der Waals surface area contributed by atoms with Crippen molar-refractivity contribution in [3.8, 4) is 11.5 Å². The first-order chi connectivity index (χ1) is 10.5. The Bertz CT molecular complexity index is 673. The number of carbonyl (C=O) groups excluding carboxylic acids is 1. The summed E-state index contributed by atoms with van der Waals surface area (Å²) in [4.78, 5) is 12.3. The van der Waals surface area contributed by atoms with Crippen LogP contribution in [0.3, 0.4) is 0 Å². The summed E-state index contributed by atoms with van der Waals surface area (Å²) in [5.74, 6) is 0.802. The Labute approximate surface area is 135 Å². The molecule has 0 radical (unpaired) electrons. The normalized spacial score (nSPS) is 11.6. The van der Waals surface area contributed by atoms with Gasteiger partial charge in [0.2, 0.25) is 0 Å². The minimum absolute atomic E-state index is 0.274. The van der Waals surface area contributed by atoms with Gasteiger partial charge < -0.3 is 14.8 Å². The van der Waals surface area contributed by atoms with Gasteiger partial charge in [-0.25, -0.2) is 0 Å². The van der Waals surface area contributed by atoms with Crippen LogP contribution in [0.1, 0.15) is 12.5 Å². The highest BCUT2D eigenvalue weighted by Gasteiger charge is 2.17. The summed E-state index contributed by atoms with van der Waals surface area (Å²) in [6.45, 7) is 3.61. The molecule has 0 bridgehead atoms. The molecule has 0 spiro atoms. The van der Waals surface area contributed by atoms with Crippen LogP contribution >= 0.6 is 11.6 Å². The third-order valence-electron chi connectivity index (χ3n) is 3.12. The fourth-order valence-corrected chi connectivity index (χ4v) is 2.12. The molecule has 0 aliphatic heterocycles. The number of halogens is 1. The molecule has 0 saturated heterocycles. The van der Waals surface area contributed by atoms with E-state index < -0.39 is 6.10 Å². The number of nitrogens with one attached hydrogen (secondary N) is 1.